The summed E-state index contributed by atoms with van der Waals surface area (Å²) in [4.78, 5) is 19.6. The van der Waals surface area contributed by atoms with Gasteiger partial charge in [-0.3, -0.25) is 4.79 Å². The van der Waals surface area contributed by atoms with E-state index in [1.807, 2.05) is 6.92 Å². The van der Waals surface area contributed by atoms with E-state index in [0.717, 1.165) is 44.9 Å². The first-order chi connectivity index (χ1) is 16.3. The van der Waals surface area contributed by atoms with E-state index in [1.165, 1.54) is 23.5 Å². The number of alkyl halides is 3. The highest BCUT2D eigenvalue weighted by molar-refractivity contribution is 7.22. The highest BCUT2D eigenvalue weighted by Gasteiger charge is 2.40. The molecule has 4 aromatic rings. The number of thiazole rings is 1. The van der Waals surface area contributed by atoms with E-state index in [9.17, 15) is 18.0 Å². The number of hydrogen-bond donors (Lipinski definition) is 1. The van der Waals surface area contributed by atoms with E-state index in [1.54, 1.807) is 30.3 Å². The number of benzene rings is 2. The lowest BCUT2D eigenvalue weighted by Crippen LogP contribution is -2.36. The van der Waals surface area contributed by atoms with Crippen LogP contribution < -0.4 is 10.2 Å². The van der Waals surface area contributed by atoms with E-state index >= 15 is 0 Å². The third-order valence-corrected chi connectivity index (χ3v) is 6.56. The van der Waals surface area contributed by atoms with Crippen LogP contribution in [0, 0.1) is 6.92 Å². The number of morpholine rings is 1. The van der Waals surface area contributed by atoms with Gasteiger partial charge in [-0.05, 0) is 37.3 Å². The van der Waals surface area contributed by atoms with Gasteiger partial charge in [-0.1, -0.05) is 29.0 Å². The van der Waals surface area contributed by atoms with E-state index in [4.69, 9.17) is 4.74 Å². The highest BCUT2D eigenvalue weighted by Crippen LogP contribution is 2.35. The summed E-state index contributed by atoms with van der Waals surface area (Å²) in [5, 5.41) is 7.29. The molecule has 2 aromatic carbocycles. The standard InChI is InChI=1S/C23H20F3N5O2S/c1-14-2-5-16(6-3-14)31-20(23(24,25)26)17(13-27-31)21(32)28-15-4-7-18-19(12-15)34-22(29-18)30-8-10-33-11-9-30/h2-7,12-13H,8-11H2,1H3,(H,28,32). The van der Waals surface area contributed by atoms with E-state index < -0.39 is 23.3 Å². The number of nitrogens with one attached hydrogen (secondary N) is 1. The van der Waals surface area contributed by atoms with Crippen LogP contribution in [-0.4, -0.2) is 47.0 Å². The van der Waals surface area contributed by atoms with Crippen molar-refractivity contribution in [3.63, 3.8) is 0 Å². The fourth-order valence-corrected chi connectivity index (χ4v) is 4.80. The first kappa shape index (κ1) is 22.4. The number of aryl methyl sites for hydroxylation is 1. The molecular weight excluding hydrogens is 467 g/mol. The molecule has 0 spiro atoms. The molecule has 0 aliphatic carbocycles. The summed E-state index contributed by atoms with van der Waals surface area (Å²) in [5.74, 6) is -0.886. The fourth-order valence-electron chi connectivity index (χ4n) is 3.75. The molecule has 1 N–H and O–H groups in total. The van der Waals surface area contributed by atoms with Crippen molar-refractivity contribution < 1.29 is 22.7 Å². The molecule has 5 rings (SSSR count). The Kier molecular flexibility index (Phi) is 5.74. The summed E-state index contributed by atoms with van der Waals surface area (Å²) in [6.45, 7) is 4.59. The topological polar surface area (TPSA) is 72.3 Å². The molecule has 11 heteroatoms. The smallest absolute Gasteiger partial charge is 0.378 e. The number of rotatable bonds is 4. The second-order valence-electron chi connectivity index (χ2n) is 7.88. The lowest BCUT2D eigenvalue weighted by atomic mass is 10.2. The average Bonchev–Trinajstić information content (AvgIpc) is 3.45. The number of halogens is 3. The summed E-state index contributed by atoms with van der Waals surface area (Å²) in [7, 11) is 0. The molecular formula is C23H20F3N5O2S. The van der Waals surface area contributed by atoms with Gasteiger partial charge in [0.25, 0.3) is 5.91 Å². The quantitative estimate of drug-likeness (QED) is 0.444. The number of ether oxygens (including phenoxy) is 1. The zero-order valence-electron chi connectivity index (χ0n) is 18.1. The van der Waals surface area contributed by atoms with Gasteiger partial charge in [0.05, 0.1) is 40.9 Å². The van der Waals surface area contributed by atoms with Crippen molar-refractivity contribution in [2.75, 3.05) is 36.5 Å². The van der Waals surface area contributed by atoms with Gasteiger partial charge in [0.15, 0.2) is 10.8 Å². The summed E-state index contributed by atoms with van der Waals surface area (Å²) >= 11 is 1.46. The summed E-state index contributed by atoms with van der Waals surface area (Å²) in [6, 6.07) is 11.5. The van der Waals surface area contributed by atoms with Gasteiger partial charge in [-0.2, -0.15) is 18.3 Å². The summed E-state index contributed by atoms with van der Waals surface area (Å²) in [5.41, 5.74) is 0.587. The van der Waals surface area contributed by atoms with Crippen molar-refractivity contribution in [1.82, 2.24) is 14.8 Å². The average molecular weight is 488 g/mol. The SMILES string of the molecule is Cc1ccc(-n2ncc(C(=O)Nc3ccc4nc(N5CCOCC5)sc4c3)c2C(F)(F)F)cc1. The maximum absolute atomic E-state index is 13.9. The van der Waals surface area contributed by atoms with Crippen LogP contribution in [0.25, 0.3) is 15.9 Å². The van der Waals surface area contributed by atoms with Crippen LogP contribution in [0.5, 0.6) is 0 Å². The Morgan fingerprint density at radius 1 is 1.12 bits per heavy atom. The van der Waals surface area contributed by atoms with Gasteiger partial charge < -0.3 is 15.0 Å². The van der Waals surface area contributed by atoms with Gasteiger partial charge >= 0.3 is 6.18 Å². The van der Waals surface area contributed by atoms with Crippen molar-refractivity contribution in [2.24, 2.45) is 0 Å². The molecule has 3 heterocycles. The van der Waals surface area contributed by atoms with Crippen LogP contribution >= 0.6 is 11.3 Å². The summed E-state index contributed by atoms with van der Waals surface area (Å²) in [6.07, 6.45) is -3.83. The molecule has 0 saturated carbocycles. The highest BCUT2D eigenvalue weighted by atomic mass is 32.1. The Bertz CT molecular complexity index is 1340. The predicted molar refractivity (Wildman–Crippen MR) is 124 cm³/mol. The molecule has 7 nitrogen and oxygen atoms in total. The second-order valence-corrected chi connectivity index (χ2v) is 8.89. The molecule has 1 saturated heterocycles. The number of carbonyl (C=O) groups is 1. The number of fused-ring (bicyclic) bond motifs is 1. The minimum atomic E-state index is -4.78. The second kappa shape index (κ2) is 8.73. The Labute approximate surface area is 196 Å². The van der Waals surface area contributed by atoms with Crippen molar-refractivity contribution >= 4 is 38.3 Å². The molecule has 0 radical (unpaired) electrons. The van der Waals surface area contributed by atoms with Crippen LogP contribution in [-0.2, 0) is 10.9 Å². The number of anilines is 2. The third kappa shape index (κ3) is 4.36. The molecule has 0 atom stereocenters. The normalized spacial score (nSPS) is 14.5. The lowest BCUT2D eigenvalue weighted by Gasteiger charge is -2.25. The lowest BCUT2D eigenvalue weighted by molar-refractivity contribution is -0.143. The molecule has 2 aromatic heterocycles. The number of hydrogen-bond acceptors (Lipinski definition) is 6. The summed E-state index contributed by atoms with van der Waals surface area (Å²) < 4.78 is 48.7. The van der Waals surface area contributed by atoms with Gasteiger partial charge in [0, 0.05) is 18.8 Å². The molecule has 1 amide bonds. The Morgan fingerprint density at radius 3 is 2.56 bits per heavy atom. The molecule has 0 bridgehead atoms. The Balaban J connectivity index is 1.43. The first-order valence-electron chi connectivity index (χ1n) is 10.6. The van der Waals surface area contributed by atoms with Crippen molar-refractivity contribution in [3.8, 4) is 5.69 Å². The number of aromatic nitrogens is 3. The molecule has 176 valence electrons. The van der Waals surface area contributed by atoms with Crippen molar-refractivity contribution in [3.05, 3.63) is 65.5 Å². The number of amides is 1. The van der Waals surface area contributed by atoms with Crippen molar-refractivity contribution in [2.45, 2.75) is 13.1 Å². The van der Waals surface area contributed by atoms with E-state index in [-0.39, 0.29) is 5.69 Å². The maximum Gasteiger partial charge on any atom is 0.434 e. The zero-order chi connectivity index (χ0) is 23.9. The number of nitrogens with zero attached hydrogens (tertiary/aromatic N) is 4. The van der Waals surface area contributed by atoms with Gasteiger partial charge in [0.1, 0.15) is 0 Å². The third-order valence-electron chi connectivity index (χ3n) is 5.48. The van der Waals surface area contributed by atoms with Crippen LogP contribution in [0.1, 0.15) is 21.6 Å². The zero-order valence-corrected chi connectivity index (χ0v) is 18.9. The van der Waals surface area contributed by atoms with Crippen LogP contribution in [0.2, 0.25) is 0 Å². The minimum absolute atomic E-state index is 0.221. The molecule has 1 aliphatic heterocycles. The molecule has 0 unspecified atom stereocenters. The fraction of sp³-hybridized carbons (Fsp3) is 0.261. The molecule has 1 aliphatic rings. The van der Waals surface area contributed by atoms with Gasteiger partial charge in [0.2, 0.25) is 0 Å². The van der Waals surface area contributed by atoms with Crippen LogP contribution in [0.3, 0.4) is 0 Å². The minimum Gasteiger partial charge on any atom is -0.378 e. The van der Waals surface area contributed by atoms with Gasteiger partial charge in [-0.25, -0.2) is 9.67 Å². The Morgan fingerprint density at radius 2 is 1.85 bits per heavy atom. The van der Waals surface area contributed by atoms with E-state index in [0.29, 0.717) is 18.9 Å². The van der Waals surface area contributed by atoms with Gasteiger partial charge in [-0.15, -0.1) is 0 Å². The number of carbonyl (C=O) groups excluding carboxylic acids is 1. The van der Waals surface area contributed by atoms with Crippen LogP contribution in [0.15, 0.2) is 48.7 Å². The largest absolute Gasteiger partial charge is 0.434 e. The van der Waals surface area contributed by atoms with E-state index in [2.05, 4.69) is 20.3 Å². The van der Waals surface area contributed by atoms with Crippen LogP contribution in [0.4, 0.5) is 24.0 Å². The molecule has 34 heavy (non-hydrogen) atoms. The monoisotopic (exact) mass is 487 g/mol. The maximum atomic E-state index is 13.9. The molecule has 1 fully saturated rings. The predicted octanol–water partition coefficient (Wildman–Crippen LogP) is 4.90. The van der Waals surface area contributed by atoms with Crippen molar-refractivity contribution in [1.29, 1.82) is 0 Å². The Hall–Kier alpha value is -3.44. The first-order valence-corrected chi connectivity index (χ1v) is 11.4.